The Bertz CT molecular complexity index is 507. The first-order chi connectivity index (χ1) is 9.26. The van der Waals surface area contributed by atoms with Crippen molar-refractivity contribution < 1.29 is 63.8 Å². The van der Waals surface area contributed by atoms with E-state index in [9.17, 15) is 5.11 Å². The fraction of sp³-hybridized carbons (Fsp3) is 0.0769. The first-order valence-corrected chi connectivity index (χ1v) is 6.60. The van der Waals surface area contributed by atoms with Gasteiger partial charge in [0.1, 0.15) is 5.75 Å². The van der Waals surface area contributed by atoms with Gasteiger partial charge < -0.3 is 16.7 Å². The molecule has 0 radical (unpaired) electrons. The molecule has 0 fully saturated rings. The fourth-order valence-corrected chi connectivity index (χ4v) is 0.907. The van der Waals surface area contributed by atoms with Gasteiger partial charge >= 0.3 is 40.0 Å². The van der Waals surface area contributed by atoms with Crippen LogP contribution in [0, 0.1) is 0 Å². The molecule has 5 N–H and O–H groups in total. The van der Waals surface area contributed by atoms with Crippen LogP contribution < -0.4 is 29.6 Å². The van der Waals surface area contributed by atoms with Gasteiger partial charge in [0.2, 0.25) is 0 Å². The predicted octanol–water partition coefficient (Wildman–Crippen LogP) is -0.950. The number of benzene rings is 1. The monoisotopic (exact) mass is 344 g/mol. The Kier molecular flexibility index (Phi) is 23.6. The molecule has 1 aromatic carbocycles. The third-order valence-electron chi connectivity index (χ3n) is 1.55. The van der Waals surface area contributed by atoms with Gasteiger partial charge in [-0.15, -0.1) is 6.58 Å². The van der Waals surface area contributed by atoms with Crippen LogP contribution in [0.25, 0.3) is 0 Å². The van der Waals surface area contributed by atoms with Crippen LogP contribution in [0.3, 0.4) is 0 Å². The van der Waals surface area contributed by atoms with Crippen LogP contribution in [0.1, 0.15) is 6.99 Å². The van der Waals surface area contributed by atoms with Gasteiger partial charge in [0.05, 0.1) is 12.5 Å². The Labute approximate surface area is 154 Å². The van der Waals surface area contributed by atoms with Gasteiger partial charge in [-0.3, -0.25) is 9.11 Å². The Morgan fingerprint density at radius 2 is 1.55 bits per heavy atom. The molecule has 0 aromatic heterocycles. The SMILES string of the molecule is C=CCc1ccccc1O.C=COC=C.O.O=S(=O)(O)O.[H-].[Na+]. The third-order valence-corrected chi connectivity index (χ3v) is 1.55. The van der Waals surface area contributed by atoms with Gasteiger partial charge in [-0.05, 0) is 18.1 Å². The maximum Gasteiger partial charge on any atom is 1.00 e. The Morgan fingerprint density at radius 3 is 1.82 bits per heavy atom. The summed E-state index contributed by atoms with van der Waals surface area (Å²) < 4.78 is 35.9. The maximum absolute atomic E-state index is 9.19. The normalized spacial score (nSPS) is 8.09. The van der Waals surface area contributed by atoms with Crippen molar-refractivity contribution in [1.82, 2.24) is 0 Å². The van der Waals surface area contributed by atoms with E-state index in [-0.39, 0.29) is 36.5 Å². The molecule has 1 aromatic rings. The maximum atomic E-state index is 9.19. The number of allylic oxidation sites excluding steroid dienone is 1. The molecule has 9 heteroatoms. The topological polar surface area (TPSA) is 136 Å². The van der Waals surface area contributed by atoms with Crippen LogP contribution in [-0.4, -0.2) is 28.1 Å². The number of phenolic OH excluding ortho intramolecular Hbond substituents is 1. The summed E-state index contributed by atoms with van der Waals surface area (Å²) in [7, 11) is -4.67. The molecule has 0 aliphatic heterocycles. The average molecular weight is 344 g/mol. The summed E-state index contributed by atoms with van der Waals surface area (Å²) >= 11 is 0. The van der Waals surface area contributed by atoms with E-state index in [0.717, 1.165) is 12.0 Å². The molecular weight excluding hydrogens is 323 g/mol. The fourth-order valence-electron chi connectivity index (χ4n) is 0.907. The zero-order chi connectivity index (χ0) is 16.0. The average Bonchev–Trinajstić information content (AvgIpc) is 2.32. The summed E-state index contributed by atoms with van der Waals surface area (Å²) in [4.78, 5) is 0. The summed E-state index contributed by atoms with van der Waals surface area (Å²) in [6.07, 6.45) is 5.13. The molecule has 1 rings (SSSR count). The Morgan fingerprint density at radius 1 is 1.14 bits per heavy atom. The van der Waals surface area contributed by atoms with E-state index in [4.69, 9.17) is 17.5 Å². The van der Waals surface area contributed by atoms with E-state index in [1.807, 2.05) is 18.2 Å². The van der Waals surface area contributed by atoms with Crippen molar-refractivity contribution in [1.29, 1.82) is 0 Å². The molecule has 122 valence electrons. The summed E-state index contributed by atoms with van der Waals surface area (Å²) in [5.74, 6) is 0.349. The quantitative estimate of drug-likeness (QED) is 0.279. The second-order valence-corrected chi connectivity index (χ2v) is 3.93. The zero-order valence-electron chi connectivity index (χ0n) is 13.3. The minimum absolute atomic E-state index is 0. The minimum Gasteiger partial charge on any atom is -1.00 e. The number of hydrogen-bond acceptors (Lipinski definition) is 4. The molecule has 0 amide bonds. The van der Waals surface area contributed by atoms with Crippen molar-refractivity contribution in [3.8, 4) is 5.75 Å². The predicted molar refractivity (Wildman–Crippen MR) is 82.4 cm³/mol. The van der Waals surface area contributed by atoms with Crippen LogP contribution in [0.15, 0.2) is 62.6 Å². The second kappa shape index (κ2) is 17.9. The van der Waals surface area contributed by atoms with Gasteiger partial charge in [-0.1, -0.05) is 37.4 Å². The van der Waals surface area contributed by atoms with Crippen LogP contribution in [0.4, 0.5) is 0 Å². The molecule has 0 saturated heterocycles. The van der Waals surface area contributed by atoms with Crippen LogP contribution in [0.2, 0.25) is 0 Å². The summed E-state index contributed by atoms with van der Waals surface area (Å²) in [6.45, 7) is 10.1. The number of ether oxygens (including phenoxy) is 1. The minimum atomic E-state index is -4.67. The summed E-state index contributed by atoms with van der Waals surface area (Å²) in [5.41, 5.74) is 0.928. The summed E-state index contributed by atoms with van der Waals surface area (Å²) in [6, 6.07) is 7.27. The van der Waals surface area contributed by atoms with Gasteiger partial charge in [0.25, 0.3) is 0 Å². The van der Waals surface area contributed by atoms with E-state index in [2.05, 4.69) is 24.5 Å². The van der Waals surface area contributed by atoms with Crippen molar-refractivity contribution in [3.63, 3.8) is 0 Å². The van der Waals surface area contributed by atoms with Crippen molar-refractivity contribution in [2.75, 3.05) is 0 Å². The van der Waals surface area contributed by atoms with Crippen LogP contribution in [-0.2, 0) is 21.6 Å². The van der Waals surface area contributed by atoms with E-state index in [1.165, 1.54) is 12.5 Å². The number of phenols is 1. The van der Waals surface area contributed by atoms with Gasteiger partial charge in [-0.2, -0.15) is 8.42 Å². The first-order valence-electron chi connectivity index (χ1n) is 5.21. The van der Waals surface area contributed by atoms with E-state index >= 15 is 0 Å². The molecular formula is C13H21NaO7S. The number of para-hydroxylation sites is 1. The Balaban J connectivity index is -0.0000000728. The molecule has 0 aliphatic carbocycles. The molecule has 0 atom stereocenters. The second-order valence-electron chi connectivity index (χ2n) is 3.04. The van der Waals surface area contributed by atoms with Crippen LogP contribution in [0.5, 0.6) is 5.75 Å². The molecule has 0 spiro atoms. The van der Waals surface area contributed by atoms with E-state index in [1.54, 1.807) is 12.1 Å². The number of rotatable bonds is 4. The zero-order valence-corrected chi connectivity index (χ0v) is 15.2. The molecule has 0 unspecified atom stereocenters. The molecule has 7 nitrogen and oxygen atoms in total. The van der Waals surface area contributed by atoms with Crippen molar-refractivity contribution in [2.45, 2.75) is 6.42 Å². The standard InChI is InChI=1S/C9H10O.C4H6O.Na.H2O4S.H2O.H/c1-2-5-8-6-3-4-7-9(8)10;1-3-5-4-2;;1-5(2,3)4;;/h2-4,6-7,10H,1,5H2;3-4H,1-2H2;;(H2,1,2,3,4);1H2;/q;;+1;;;-1. The summed E-state index contributed by atoms with van der Waals surface area (Å²) in [5, 5.41) is 9.19. The van der Waals surface area contributed by atoms with Gasteiger partial charge in [0.15, 0.2) is 0 Å². The molecule has 0 saturated carbocycles. The first kappa shape index (κ1) is 29.0. The molecule has 0 aliphatic rings. The van der Waals surface area contributed by atoms with Crippen molar-refractivity contribution >= 4 is 10.4 Å². The molecule has 22 heavy (non-hydrogen) atoms. The smallest absolute Gasteiger partial charge is 1.00 e. The van der Waals surface area contributed by atoms with E-state index in [0.29, 0.717) is 5.75 Å². The van der Waals surface area contributed by atoms with Gasteiger partial charge in [-0.25, -0.2) is 0 Å². The van der Waals surface area contributed by atoms with Gasteiger partial charge in [0, 0.05) is 0 Å². The number of hydrogen-bond donors (Lipinski definition) is 3. The molecule has 0 heterocycles. The van der Waals surface area contributed by atoms with Crippen LogP contribution >= 0.6 is 0 Å². The Hall–Kier alpha value is -1.13. The van der Waals surface area contributed by atoms with E-state index < -0.39 is 10.4 Å². The third kappa shape index (κ3) is 27.3. The molecule has 0 bridgehead atoms. The number of aromatic hydroxyl groups is 1. The van der Waals surface area contributed by atoms with Crippen molar-refractivity contribution in [2.24, 2.45) is 0 Å². The van der Waals surface area contributed by atoms with Crippen molar-refractivity contribution in [3.05, 3.63) is 68.2 Å². The largest absolute Gasteiger partial charge is 1.00 e.